The van der Waals surface area contributed by atoms with Crippen molar-refractivity contribution < 1.29 is 37.3 Å². The maximum atomic E-state index is 13.1. The first-order chi connectivity index (χ1) is 17.1. The van der Waals surface area contributed by atoms with Crippen LogP contribution in [-0.2, 0) is 29.0 Å². The molecule has 0 spiro atoms. The van der Waals surface area contributed by atoms with Crippen LogP contribution in [0.3, 0.4) is 0 Å². The molecule has 36 heavy (non-hydrogen) atoms. The standard InChI is InChI=1S/C25H38N2O8S/c1-25(2,3)19-17-22(24(29)26-10-14-33-15-11-26)35-23(18-19)34-16-12-27(9-13-28)36(30,31)21-7-5-20(32-4)6-8-21/h5-8,17,19,23,28H,9-16,18H2,1-4H3/t19-,23+/m0/s1. The smallest absolute Gasteiger partial charge is 0.288 e. The molecule has 1 saturated heterocycles. The van der Waals surface area contributed by atoms with Crippen LogP contribution < -0.4 is 4.74 Å². The van der Waals surface area contributed by atoms with Crippen molar-refractivity contribution in [3.63, 3.8) is 0 Å². The number of allylic oxidation sites excluding steroid dienone is 1. The van der Waals surface area contributed by atoms with E-state index in [9.17, 15) is 18.3 Å². The molecule has 2 atom stereocenters. The van der Waals surface area contributed by atoms with E-state index in [0.717, 1.165) is 0 Å². The molecule has 1 aromatic rings. The number of aliphatic hydroxyl groups excluding tert-OH is 1. The predicted molar refractivity (Wildman–Crippen MR) is 133 cm³/mol. The topological polar surface area (TPSA) is 115 Å². The van der Waals surface area contributed by atoms with Crippen molar-refractivity contribution >= 4 is 15.9 Å². The van der Waals surface area contributed by atoms with Gasteiger partial charge in [-0.1, -0.05) is 20.8 Å². The molecular weight excluding hydrogens is 488 g/mol. The largest absolute Gasteiger partial charge is 0.497 e. The minimum atomic E-state index is -3.85. The quantitative estimate of drug-likeness (QED) is 0.491. The fourth-order valence-corrected chi connectivity index (χ4v) is 5.50. The van der Waals surface area contributed by atoms with E-state index in [4.69, 9.17) is 18.9 Å². The molecule has 1 amide bonds. The van der Waals surface area contributed by atoms with Crippen LogP contribution in [0.5, 0.6) is 5.75 Å². The summed E-state index contributed by atoms with van der Waals surface area (Å²) in [7, 11) is -2.35. The van der Waals surface area contributed by atoms with Gasteiger partial charge in [-0.25, -0.2) is 8.42 Å². The molecule has 0 bridgehead atoms. The first-order valence-corrected chi connectivity index (χ1v) is 13.6. The zero-order valence-corrected chi connectivity index (χ0v) is 22.3. The summed E-state index contributed by atoms with van der Waals surface area (Å²) < 4.78 is 49.8. The van der Waals surface area contributed by atoms with Gasteiger partial charge in [0, 0.05) is 32.6 Å². The molecule has 2 aliphatic heterocycles. The fraction of sp³-hybridized carbons (Fsp3) is 0.640. The number of carbonyl (C=O) groups excluding carboxylic acids is 1. The minimum absolute atomic E-state index is 0.0193. The van der Waals surface area contributed by atoms with Gasteiger partial charge >= 0.3 is 0 Å². The highest BCUT2D eigenvalue weighted by molar-refractivity contribution is 7.89. The second-order valence-electron chi connectivity index (χ2n) is 9.87. The Balaban J connectivity index is 1.67. The average molecular weight is 527 g/mol. The van der Waals surface area contributed by atoms with Gasteiger partial charge in [0.05, 0.1) is 38.4 Å². The molecule has 10 nitrogen and oxygen atoms in total. The number of ether oxygens (including phenoxy) is 4. The van der Waals surface area contributed by atoms with E-state index < -0.39 is 16.3 Å². The maximum Gasteiger partial charge on any atom is 0.288 e. The van der Waals surface area contributed by atoms with Crippen molar-refractivity contribution in [3.05, 3.63) is 36.1 Å². The van der Waals surface area contributed by atoms with Crippen molar-refractivity contribution in [2.75, 3.05) is 59.7 Å². The van der Waals surface area contributed by atoms with Crippen molar-refractivity contribution in [3.8, 4) is 5.75 Å². The summed E-state index contributed by atoms with van der Waals surface area (Å²) in [6.45, 7) is 7.93. The first kappa shape index (κ1) is 28.4. The van der Waals surface area contributed by atoms with Crippen LogP contribution >= 0.6 is 0 Å². The van der Waals surface area contributed by atoms with Crippen LogP contribution in [0.4, 0.5) is 0 Å². The highest BCUT2D eigenvalue weighted by atomic mass is 32.2. The second-order valence-corrected chi connectivity index (χ2v) is 11.8. The van der Waals surface area contributed by atoms with Crippen LogP contribution in [0.15, 0.2) is 41.0 Å². The third kappa shape index (κ3) is 7.19. The number of morpholine rings is 1. The summed E-state index contributed by atoms with van der Waals surface area (Å²) >= 11 is 0. The van der Waals surface area contributed by atoms with E-state index in [0.29, 0.717) is 38.5 Å². The van der Waals surface area contributed by atoms with Crippen LogP contribution in [0.25, 0.3) is 0 Å². The van der Waals surface area contributed by atoms with Gasteiger partial charge < -0.3 is 29.0 Å². The molecular formula is C25H38N2O8S. The summed E-state index contributed by atoms with van der Waals surface area (Å²) in [6, 6.07) is 6.07. The lowest BCUT2D eigenvalue weighted by Crippen LogP contribution is -2.44. The third-order valence-corrected chi connectivity index (χ3v) is 8.28. The Kier molecular flexibility index (Phi) is 9.76. The molecule has 11 heteroatoms. The van der Waals surface area contributed by atoms with Gasteiger partial charge in [-0.2, -0.15) is 4.31 Å². The molecule has 202 valence electrons. The Morgan fingerprint density at radius 3 is 2.42 bits per heavy atom. The number of rotatable bonds is 10. The van der Waals surface area contributed by atoms with E-state index in [-0.39, 0.29) is 54.2 Å². The predicted octanol–water partition coefficient (Wildman–Crippen LogP) is 1.85. The Morgan fingerprint density at radius 1 is 1.17 bits per heavy atom. The maximum absolute atomic E-state index is 13.1. The van der Waals surface area contributed by atoms with Gasteiger partial charge in [-0.15, -0.1) is 0 Å². The number of nitrogens with zero attached hydrogens (tertiary/aromatic N) is 2. The molecule has 0 radical (unpaired) electrons. The molecule has 0 aromatic heterocycles. The number of aliphatic hydroxyl groups is 1. The molecule has 0 aliphatic carbocycles. The lowest BCUT2D eigenvalue weighted by molar-refractivity contribution is -0.160. The van der Waals surface area contributed by atoms with E-state index in [2.05, 4.69) is 20.8 Å². The van der Waals surface area contributed by atoms with Crippen molar-refractivity contribution in [2.45, 2.75) is 38.4 Å². The van der Waals surface area contributed by atoms with Crippen LogP contribution in [-0.4, -0.2) is 94.6 Å². The van der Waals surface area contributed by atoms with E-state index in [1.54, 1.807) is 17.0 Å². The van der Waals surface area contributed by atoms with Crippen molar-refractivity contribution in [1.82, 2.24) is 9.21 Å². The van der Waals surface area contributed by atoms with Crippen LogP contribution in [0.2, 0.25) is 0 Å². The fourth-order valence-electron chi connectivity index (χ4n) is 4.08. The second kappa shape index (κ2) is 12.4. The number of methoxy groups -OCH3 is 1. The summed E-state index contributed by atoms with van der Waals surface area (Å²) in [5.74, 6) is 0.646. The molecule has 2 aliphatic rings. The normalized spacial score (nSPS) is 21.2. The Morgan fingerprint density at radius 2 is 1.83 bits per heavy atom. The van der Waals surface area contributed by atoms with E-state index in [1.807, 2.05) is 6.08 Å². The number of hydrogen-bond acceptors (Lipinski definition) is 8. The number of hydrogen-bond donors (Lipinski definition) is 1. The molecule has 1 fully saturated rings. The molecule has 1 aromatic carbocycles. The van der Waals surface area contributed by atoms with E-state index in [1.165, 1.54) is 23.5 Å². The molecule has 0 unspecified atom stereocenters. The lowest BCUT2D eigenvalue weighted by atomic mass is 9.77. The first-order valence-electron chi connectivity index (χ1n) is 12.2. The zero-order valence-electron chi connectivity index (χ0n) is 21.5. The zero-order chi connectivity index (χ0) is 26.3. The van der Waals surface area contributed by atoms with Gasteiger partial charge in [-0.3, -0.25) is 4.79 Å². The molecule has 0 saturated carbocycles. The van der Waals surface area contributed by atoms with Crippen LogP contribution in [0, 0.1) is 11.3 Å². The summed E-state index contributed by atoms with van der Waals surface area (Å²) in [5, 5.41) is 9.47. The molecule has 3 rings (SSSR count). The van der Waals surface area contributed by atoms with Crippen LogP contribution in [0.1, 0.15) is 27.2 Å². The number of benzene rings is 1. The number of sulfonamides is 1. The van der Waals surface area contributed by atoms with Gasteiger partial charge in [0.25, 0.3) is 5.91 Å². The SMILES string of the molecule is COc1ccc(S(=O)(=O)N(CCO)CCO[C@H]2C[C@@H](C(C)(C)C)C=C(C(=O)N3CCOCC3)O2)cc1. The third-order valence-electron chi connectivity index (χ3n) is 6.37. The van der Waals surface area contributed by atoms with Crippen molar-refractivity contribution in [1.29, 1.82) is 0 Å². The highest BCUT2D eigenvalue weighted by Gasteiger charge is 2.36. The monoisotopic (exact) mass is 526 g/mol. The minimum Gasteiger partial charge on any atom is -0.497 e. The Hall–Kier alpha value is -2.18. The van der Waals surface area contributed by atoms with Gasteiger partial charge in [0.2, 0.25) is 16.3 Å². The van der Waals surface area contributed by atoms with E-state index >= 15 is 0 Å². The van der Waals surface area contributed by atoms with Gasteiger partial charge in [0.1, 0.15) is 5.75 Å². The summed E-state index contributed by atoms with van der Waals surface area (Å²) in [5.41, 5.74) is -0.122. The molecule has 2 heterocycles. The highest BCUT2D eigenvalue weighted by Crippen LogP contribution is 2.37. The molecule has 1 N–H and O–H groups in total. The van der Waals surface area contributed by atoms with Crippen molar-refractivity contribution in [2.24, 2.45) is 11.3 Å². The summed E-state index contributed by atoms with van der Waals surface area (Å²) in [4.78, 5) is 14.9. The average Bonchev–Trinajstić information content (AvgIpc) is 2.87. The van der Waals surface area contributed by atoms with Gasteiger partial charge in [-0.05, 0) is 41.7 Å². The van der Waals surface area contributed by atoms with Gasteiger partial charge in [0.15, 0.2) is 5.76 Å². The number of carbonyl (C=O) groups is 1. The Bertz CT molecular complexity index is 998. The Labute approximate surface area is 213 Å². The number of amides is 1. The summed E-state index contributed by atoms with van der Waals surface area (Å²) in [6.07, 6.45) is 1.72. The lowest BCUT2D eigenvalue weighted by Gasteiger charge is -2.37.